The first-order chi connectivity index (χ1) is 20.1. The van der Waals surface area contributed by atoms with Crippen LogP contribution in [0.15, 0.2) is 47.4 Å². The molecule has 1 fully saturated rings. The topological polar surface area (TPSA) is 127 Å². The van der Waals surface area contributed by atoms with Gasteiger partial charge in [-0.25, -0.2) is 12.8 Å². The molecule has 0 radical (unpaired) electrons. The number of nitrogens with zero attached hydrogens (tertiary/aromatic N) is 2. The fraction of sp³-hybridized carbons (Fsp3) is 0.481. The number of aryl methyl sites for hydroxylation is 1. The number of nitrogens with one attached hydrogen (secondary N) is 1. The zero-order valence-electron chi connectivity index (χ0n) is 23.2. The first kappa shape index (κ1) is 33.5. The third kappa shape index (κ3) is 5.96. The minimum absolute atomic E-state index is 0.0384. The van der Waals surface area contributed by atoms with E-state index in [1.54, 1.807) is 0 Å². The van der Waals surface area contributed by atoms with Crippen LogP contribution in [0.1, 0.15) is 37.8 Å². The highest BCUT2D eigenvalue weighted by molar-refractivity contribution is 7.92. The molecule has 2 aliphatic rings. The number of sulfonamides is 1. The summed E-state index contributed by atoms with van der Waals surface area (Å²) < 4.78 is 123. The van der Waals surface area contributed by atoms with E-state index in [1.807, 2.05) is 0 Å². The predicted octanol–water partition coefficient (Wildman–Crippen LogP) is 3.14. The average molecular weight is 656 g/mol. The maximum atomic E-state index is 13.8. The molecule has 2 aromatic carbocycles. The number of halogens is 7. The van der Waals surface area contributed by atoms with Crippen molar-refractivity contribution in [3.8, 4) is 0 Å². The van der Waals surface area contributed by atoms with Gasteiger partial charge < -0.3 is 20.4 Å². The third-order valence-electron chi connectivity index (χ3n) is 7.87. The Hall–Kier alpha value is -3.44. The van der Waals surface area contributed by atoms with Crippen molar-refractivity contribution < 1.29 is 59.0 Å². The van der Waals surface area contributed by atoms with Gasteiger partial charge in [0.1, 0.15) is 11.4 Å². The summed E-state index contributed by atoms with van der Waals surface area (Å²) in [7, 11) is -4.68. The monoisotopic (exact) mass is 655 g/mol. The number of hydrogen-bond donors (Lipinski definition) is 3. The molecule has 44 heavy (non-hydrogen) atoms. The highest BCUT2D eigenvalue weighted by Gasteiger charge is 2.71. The number of alkyl halides is 6. The van der Waals surface area contributed by atoms with E-state index in [0.717, 1.165) is 24.3 Å². The lowest BCUT2D eigenvalue weighted by atomic mass is 9.87. The molecule has 0 bridgehead atoms. The first-order valence-electron chi connectivity index (χ1n) is 13.2. The second-order valence-corrected chi connectivity index (χ2v) is 12.9. The normalized spacial score (nSPS) is 23.0. The number of carbonyl (C=O) groups is 2. The number of likely N-dealkylation sites (tertiary alicyclic amines) is 1. The van der Waals surface area contributed by atoms with Crippen LogP contribution in [0.5, 0.6) is 0 Å². The summed E-state index contributed by atoms with van der Waals surface area (Å²) >= 11 is 0. The summed E-state index contributed by atoms with van der Waals surface area (Å²) in [4.78, 5) is 25.7. The number of hydrogen-bond acceptors (Lipinski definition) is 6. The number of anilines is 1. The molecule has 2 aromatic rings. The number of benzene rings is 2. The van der Waals surface area contributed by atoms with Crippen LogP contribution in [0.4, 0.5) is 36.4 Å². The summed E-state index contributed by atoms with van der Waals surface area (Å²) in [5, 5.41) is 23.1. The van der Waals surface area contributed by atoms with Gasteiger partial charge >= 0.3 is 12.4 Å². The van der Waals surface area contributed by atoms with Crippen LogP contribution < -0.4 is 9.62 Å². The molecule has 0 spiro atoms. The van der Waals surface area contributed by atoms with Crippen molar-refractivity contribution in [2.24, 2.45) is 0 Å². The Labute approximate surface area is 247 Å². The van der Waals surface area contributed by atoms with Crippen molar-refractivity contribution in [2.45, 2.75) is 73.6 Å². The van der Waals surface area contributed by atoms with E-state index in [1.165, 1.54) is 18.7 Å². The zero-order valence-corrected chi connectivity index (χ0v) is 24.0. The lowest BCUT2D eigenvalue weighted by molar-refractivity contribution is -0.376. The van der Waals surface area contributed by atoms with Gasteiger partial charge in [-0.05, 0) is 55.7 Å². The minimum atomic E-state index is -6.17. The molecule has 3 N–H and O–H groups in total. The highest BCUT2D eigenvalue weighted by atomic mass is 32.2. The highest BCUT2D eigenvalue weighted by Crippen LogP contribution is 2.51. The first-order valence-corrected chi connectivity index (χ1v) is 14.6. The summed E-state index contributed by atoms with van der Waals surface area (Å²) in [6.45, 7) is 2.54. The lowest BCUT2D eigenvalue weighted by Crippen LogP contribution is -2.54. The molecular formula is C27H28F7N3O6S. The van der Waals surface area contributed by atoms with Crippen LogP contribution in [0.25, 0.3) is 0 Å². The fourth-order valence-electron chi connectivity index (χ4n) is 5.47. The molecule has 242 valence electrons. The molecule has 2 heterocycles. The van der Waals surface area contributed by atoms with Gasteiger partial charge in [-0.15, -0.1) is 0 Å². The van der Waals surface area contributed by atoms with Crippen LogP contribution in [-0.4, -0.2) is 78.5 Å². The van der Waals surface area contributed by atoms with Crippen molar-refractivity contribution >= 4 is 27.5 Å². The molecule has 4 rings (SSSR count). The van der Waals surface area contributed by atoms with E-state index >= 15 is 0 Å². The maximum absolute atomic E-state index is 13.8. The Balaban J connectivity index is 1.74. The summed E-state index contributed by atoms with van der Waals surface area (Å²) in [5.41, 5.74) is -8.98. The second-order valence-electron chi connectivity index (χ2n) is 11.1. The summed E-state index contributed by atoms with van der Waals surface area (Å²) in [6.07, 6.45) is -13.4. The summed E-state index contributed by atoms with van der Waals surface area (Å²) in [5.74, 6) is -1.90. The van der Waals surface area contributed by atoms with Crippen LogP contribution in [0.2, 0.25) is 0 Å². The number of carbonyl (C=O) groups excluding carboxylic acids is 2. The van der Waals surface area contributed by atoms with Crippen molar-refractivity contribution in [1.82, 2.24) is 10.2 Å². The molecule has 17 heteroatoms. The molecule has 0 saturated carbocycles. The molecular weight excluding hydrogens is 627 g/mol. The van der Waals surface area contributed by atoms with E-state index in [0.29, 0.717) is 22.5 Å². The van der Waals surface area contributed by atoms with E-state index < -0.39 is 74.3 Å². The van der Waals surface area contributed by atoms with Crippen molar-refractivity contribution in [3.63, 3.8) is 0 Å². The quantitative estimate of drug-likeness (QED) is 0.411. The van der Waals surface area contributed by atoms with E-state index in [-0.39, 0.29) is 43.1 Å². The van der Waals surface area contributed by atoms with Crippen LogP contribution >= 0.6 is 0 Å². The van der Waals surface area contributed by atoms with E-state index in [2.05, 4.69) is 5.32 Å². The Bertz CT molecular complexity index is 1530. The van der Waals surface area contributed by atoms with Gasteiger partial charge in [-0.2, -0.15) is 26.3 Å². The third-order valence-corrected chi connectivity index (χ3v) is 9.75. The van der Waals surface area contributed by atoms with Gasteiger partial charge in [-0.1, -0.05) is 12.1 Å². The van der Waals surface area contributed by atoms with Gasteiger partial charge in [-0.3, -0.25) is 13.9 Å². The molecule has 0 unspecified atom stereocenters. The Morgan fingerprint density at radius 1 is 1.05 bits per heavy atom. The Kier molecular flexibility index (Phi) is 8.49. The van der Waals surface area contributed by atoms with Crippen molar-refractivity contribution in [2.75, 3.05) is 17.4 Å². The second kappa shape index (κ2) is 11.2. The fourth-order valence-corrected chi connectivity index (χ4v) is 7.18. The Morgan fingerprint density at radius 3 is 2.16 bits per heavy atom. The van der Waals surface area contributed by atoms with Gasteiger partial charge in [0.25, 0.3) is 15.6 Å². The lowest BCUT2D eigenvalue weighted by Gasteiger charge is -2.39. The SMILES string of the molecule is CC(=O)N1C[C@@H](NC(=O)C[C@@H]2CCc3cc(C(O)(C(F)(F)F)C(F)(F)F)ccc3N2S(=O)(=O)c2ccc(F)cc2)[C@](C)(O)C1. The maximum Gasteiger partial charge on any atom is 0.430 e. The molecule has 0 aliphatic carbocycles. The smallest absolute Gasteiger partial charge is 0.386 e. The number of aliphatic hydroxyl groups is 2. The Morgan fingerprint density at radius 2 is 1.64 bits per heavy atom. The zero-order chi connectivity index (χ0) is 33.0. The minimum Gasteiger partial charge on any atom is -0.386 e. The number of β-amino-alcohol motifs (C(OH)–C–C–N with tert-alkyl or cyclic N) is 1. The molecule has 0 aromatic heterocycles. The molecule has 1 saturated heterocycles. The number of amides is 2. The molecule has 2 amide bonds. The standard InChI is InChI=1S/C27H28F7N3O6S/c1-15(38)36-13-22(24(2,40)14-36)35-23(39)12-19-7-3-16-11-17(25(41,26(29,30)31)27(32,33)34)4-10-21(16)37(19)44(42,43)20-8-5-18(28)6-9-20/h4-6,8-11,19,22,40-41H,3,7,12-14H2,1-2H3,(H,35,39)/t19-,22+,24+/m0/s1. The van der Waals surface area contributed by atoms with Crippen LogP contribution in [-0.2, 0) is 31.6 Å². The van der Waals surface area contributed by atoms with Gasteiger partial charge in [0.05, 0.1) is 29.2 Å². The average Bonchev–Trinajstić information content (AvgIpc) is 3.20. The van der Waals surface area contributed by atoms with Gasteiger partial charge in [0, 0.05) is 25.5 Å². The van der Waals surface area contributed by atoms with Crippen LogP contribution in [0, 0.1) is 5.82 Å². The van der Waals surface area contributed by atoms with Gasteiger partial charge in [0.2, 0.25) is 11.8 Å². The molecule has 9 nitrogen and oxygen atoms in total. The molecule has 2 aliphatic heterocycles. The predicted molar refractivity (Wildman–Crippen MR) is 140 cm³/mol. The largest absolute Gasteiger partial charge is 0.430 e. The van der Waals surface area contributed by atoms with Crippen LogP contribution in [0.3, 0.4) is 0 Å². The van der Waals surface area contributed by atoms with E-state index in [9.17, 15) is 59.0 Å². The van der Waals surface area contributed by atoms with Crippen molar-refractivity contribution in [1.29, 1.82) is 0 Å². The van der Waals surface area contributed by atoms with Gasteiger partial charge in [0.15, 0.2) is 0 Å². The van der Waals surface area contributed by atoms with E-state index in [4.69, 9.17) is 0 Å². The summed E-state index contributed by atoms with van der Waals surface area (Å²) in [6, 6.07) is 2.74. The number of rotatable bonds is 6. The number of fused-ring (bicyclic) bond motifs is 1. The molecule has 3 atom stereocenters. The van der Waals surface area contributed by atoms with Crippen molar-refractivity contribution in [3.05, 3.63) is 59.4 Å².